The first-order chi connectivity index (χ1) is 16.6. The summed E-state index contributed by atoms with van der Waals surface area (Å²) in [5.41, 5.74) is 2.96. The van der Waals surface area contributed by atoms with Gasteiger partial charge in [0.05, 0.1) is 12.3 Å². The zero-order valence-corrected chi connectivity index (χ0v) is 21.3. The molecule has 2 N–H and O–H groups in total. The molecule has 0 saturated carbocycles. The molecule has 1 heterocycles. The Morgan fingerprint density at radius 3 is 2.37 bits per heavy atom. The average molecular weight is 492 g/mol. The lowest BCUT2D eigenvalue weighted by atomic mass is 9.83. The van der Waals surface area contributed by atoms with Crippen LogP contribution >= 0.6 is 0 Å². The summed E-state index contributed by atoms with van der Waals surface area (Å²) < 4.78 is 22.1. The topological polar surface area (TPSA) is 93.2 Å². The van der Waals surface area contributed by atoms with Crippen LogP contribution in [0, 0.1) is 0 Å². The van der Waals surface area contributed by atoms with Crippen LogP contribution in [-0.4, -0.2) is 26.6 Å². The number of hydrogen-bond acceptors (Lipinski definition) is 4. The van der Waals surface area contributed by atoms with Gasteiger partial charge in [0.2, 0.25) is 0 Å². The maximum atomic E-state index is 12.6. The highest BCUT2D eigenvalue weighted by molar-refractivity contribution is 7.85. The molecule has 0 amide bonds. The first-order valence-electron chi connectivity index (χ1n) is 11.3. The van der Waals surface area contributed by atoms with Gasteiger partial charge < -0.3 is 9.46 Å². The number of H-pyrrole nitrogens is 1. The fraction of sp³-hybridized carbons (Fsp3) is 0.259. The molecule has 7 nitrogen and oxygen atoms in total. The molecule has 0 radical (unpaired) electrons. The summed E-state index contributed by atoms with van der Waals surface area (Å²) in [5, 5.41) is 2.02. The van der Waals surface area contributed by atoms with Gasteiger partial charge in [-0.3, -0.25) is 14.3 Å². The predicted molar refractivity (Wildman–Crippen MR) is 143 cm³/mol. The molecule has 1 unspecified atom stereocenters. The maximum absolute atomic E-state index is 12.6. The van der Waals surface area contributed by atoms with Gasteiger partial charge in [0, 0.05) is 35.3 Å². The van der Waals surface area contributed by atoms with Crippen LogP contribution in [0.1, 0.15) is 33.3 Å². The van der Waals surface area contributed by atoms with Crippen molar-refractivity contribution in [2.24, 2.45) is 0 Å². The zero-order valence-electron chi connectivity index (χ0n) is 20.5. The van der Waals surface area contributed by atoms with E-state index in [2.05, 4.69) is 36.5 Å². The van der Waals surface area contributed by atoms with Gasteiger partial charge in [0.1, 0.15) is 16.7 Å². The third-order valence-electron chi connectivity index (χ3n) is 5.69. The van der Waals surface area contributed by atoms with Gasteiger partial charge in [-0.2, -0.15) is 0 Å². The summed E-state index contributed by atoms with van der Waals surface area (Å²) in [6, 6.07) is 17.1. The molecule has 1 atom stereocenters. The van der Waals surface area contributed by atoms with Crippen LogP contribution in [0.3, 0.4) is 0 Å². The van der Waals surface area contributed by atoms with Crippen molar-refractivity contribution in [1.82, 2.24) is 9.55 Å². The minimum Gasteiger partial charge on any atom is -0.493 e. The van der Waals surface area contributed by atoms with E-state index in [1.807, 2.05) is 49.4 Å². The highest BCUT2D eigenvalue weighted by Gasteiger charge is 2.24. The maximum Gasteiger partial charge on any atom is 0.332 e. The van der Waals surface area contributed by atoms with Crippen LogP contribution in [0.25, 0.3) is 27.6 Å². The Hall–Kier alpha value is -3.65. The number of aromatic amines is 1. The van der Waals surface area contributed by atoms with Crippen molar-refractivity contribution in [1.29, 1.82) is 0 Å². The molecule has 8 heteroatoms. The Morgan fingerprint density at radius 1 is 1.00 bits per heavy atom. The minimum atomic E-state index is -1.15. The van der Waals surface area contributed by atoms with Crippen LogP contribution in [-0.2, 0) is 16.4 Å². The van der Waals surface area contributed by atoms with E-state index in [1.165, 1.54) is 16.8 Å². The number of ether oxygens (including phenoxy) is 1. The number of aromatic nitrogens is 2. The lowest BCUT2D eigenvalue weighted by molar-refractivity contribution is 0.331. The molecule has 182 valence electrons. The third kappa shape index (κ3) is 5.22. The van der Waals surface area contributed by atoms with Crippen molar-refractivity contribution in [3.63, 3.8) is 0 Å². The van der Waals surface area contributed by atoms with E-state index in [4.69, 9.17) is 4.74 Å². The van der Waals surface area contributed by atoms with Crippen LogP contribution < -0.4 is 20.7 Å². The summed E-state index contributed by atoms with van der Waals surface area (Å²) in [6.45, 7) is 8.73. The lowest BCUT2D eigenvalue weighted by Gasteiger charge is -2.26. The minimum absolute atomic E-state index is 0.270. The SMILES string of the molecule is CCOc1c(-c2ccc3cc(NS(C)=O)ccc3c2)cc(-n2ccc(=O)[nH]c2=O)cc1C(C)(C)C. The first-order valence-corrected chi connectivity index (χ1v) is 12.9. The fourth-order valence-electron chi connectivity index (χ4n) is 4.09. The summed E-state index contributed by atoms with van der Waals surface area (Å²) in [6.07, 6.45) is 3.08. The van der Waals surface area contributed by atoms with E-state index in [-0.39, 0.29) is 5.41 Å². The smallest absolute Gasteiger partial charge is 0.332 e. The Labute approximate surface area is 206 Å². The van der Waals surface area contributed by atoms with Crippen LogP contribution in [0.15, 0.2) is 70.4 Å². The third-order valence-corrected chi connectivity index (χ3v) is 6.21. The number of rotatable bonds is 6. The second-order valence-electron chi connectivity index (χ2n) is 9.37. The van der Waals surface area contributed by atoms with Crippen LogP contribution in [0.4, 0.5) is 5.69 Å². The van der Waals surface area contributed by atoms with Crippen molar-refractivity contribution in [2.45, 2.75) is 33.1 Å². The van der Waals surface area contributed by atoms with Gasteiger partial charge in [-0.15, -0.1) is 0 Å². The summed E-state index contributed by atoms with van der Waals surface area (Å²) in [4.78, 5) is 26.5. The summed E-state index contributed by atoms with van der Waals surface area (Å²) in [5.74, 6) is 0.764. The second-order valence-corrected chi connectivity index (χ2v) is 10.5. The van der Waals surface area contributed by atoms with E-state index in [0.29, 0.717) is 12.3 Å². The number of nitrogens with zero attached hydrogens (tertiary/aromatic N) is 1. The lowest BCUT2D eigenvalue weighted by Crippen LogP contribution is -2.28. The van der Waals surface area contributed by atoms with Crippen LogP contribution in [0.5, 0.6) is 5.75 Å². The number of fused-ring (bicyclic) bond motifs is 1. The Balaban J connectivity index is 1.97. The number of nitrogens with one attached hydrogen (secondary N) is 2. The molecule has 0 bridgehead atoms. The average Bonchev–Trinajstić information content (AvgIpc) is 2.78. The molecule has 1 aromatic heterocycles. The van der Waals surface area contributed by atoms with Gasteiger partial charge in [-0.1, -0.05) is 39.0 Å². The van der Waals surface area contributed by atoms with Crippen molar-refractivity contribution < 1.29 is 8.95 Å². The van der Waals surface area contributed by atoms with E-state index in [0.717, 1.165) is 38.9 Å². The zero-order chi connectivity index (χ0) is 25.3. The monoisotopic (exact) mass is 491 g/mol. The number of hydrogen-bond donors (Lipinski definition) is 2. The molecule has 4 aromatic rings. The molecular weight excluding hydrogens is 462 g/mol. The van der Waals surface area contributed by atoms with Crippen molar-refractivity contribution in [3.8, 4) is 22.6 Å². The summed E-state index contributed by atoms with van der Waals surface area (Å²) >= 11 is 0. The molecule has 4 rings (SSSR count). The molecule has 0 saturated heterocycles. The molecule has 0 aliphatic rings. The van der Waals surface area contributed by atoms with Gasteiger partial charge in [0.15, 0.2) is 0 Å². The molecule has 0 aliphatic carbocycles. The van der Waals surface area contributed by atoms with Crippen molar-refractivity contribution in [3.05, 3.63) is 87.2 Å². The highest BCUT2D eigenvalue weighted by atomic mass is 32.2. The fourth-order valence-corrected chi connectivity index (χ4v) is 4.55. The Morgan fingerprint density at radius 2 is 1.71 bits per heavy atom. The summed E-state index contributed by atoms with van der Waals surface area (Å²) in [7, 11) is -1.15. The molecule has 0 aliphatic heterocycles. The standard InChI is InChI=1S/C27H29N3O4S/c1-6-34-25-22(19-8-7-18-14-20(29-35(5)33)10-9-17(18)13-19)15-21(16-23(25)27(2,3)4)30-12-11-24(31)28-26(30)32/h7-16,29H,6H2,1-5H3,(H,28,31,32). The number of anilines is 1. The molecule has 3 aromatic carbocycles. The molecular formula is C27H29N3O4S. The van der Waals surface area contributed by atoms with Crippen LogP contribution in [0.2, 0.25) is 0 Å². The molecule has 35 heavy (non-hydrogen) atoms. The molecule has 0 spiro atoms. The van der Waals surface area contributed by atoms with Gasteiger partial charge in [-0.25, -0.2) is 9.00 Å². The normalized spacial score (nSPS) is 12.5. The highest BCUT2D eigenvalue weighted by Crippen LogP contribution is 2.42. The first kappa shape index (κ1) is 24.5. The van der Waals surface area contributed by atoms with Gasteiger partial charge in [0.25, 0.3) is 5.56 Å². The number of benzene rings is 3. The van der Waals surface area contributed by atoms with Crippen molar-refractivity contribution in [2.75, 3.05) is 17.6 Å². The largest absolute Gasteiger partial charge is 0.493 e. The van der Waals surface area contributed by atoms with Gasteiger partial charge in [-0.05, 0) is 59.0 Å². The van der Waals surface area contributed by atoms with Gasteiger partial charge >= 0.3 is 5.69 Å². The van der Waals surface area contributed by atoms with Crippen molar-refractivity contribution >= 4 is 27.4 Å². The van der Waals surface area contributed by atoms with E-state index < -0.39 is 22.2 Å². The quantitative estimate of drug-likeness (QED) is 0.407. The van der Waals surface area contributed by atoms with E-state index in [9.17, 15) is 13.8 Å². The predicted octanol–water partition coefficient (Wildman–Crippen LogP) is 4.75. The Bertz CT molecular complexity index is 1550. The van der Waals surface area contributed by atoms with E-state index >= 15 is 0 Å². The molecule has 0 fully saturated rings. The van der Waals surface area contributed by atoms with E-state index in [1.54, 1.807) is 6.26 Å². The Kier molecular flexibility index (Phi) is 6.67. The second kappa shape index (κ2) is 9.54.